The zero-order chi connectivity index (χ0) is 20.0. The molecule has 0 bridgehead atoms. The van der Waals surface area contributed by atoms with Crippen LogP contribution < -0.4 is 4.74 Å². The van der Waals surface area contributed by atoms with Crippen LogP contribution in [0.4, 0.5) is 13.2 Å². The number of rotatable bonds is 7. The van der Waals surface area contributed by atoms with E-state index in [2.05, 4.69) is 0 Å². The van der Waals surface area contributed by atoms with Crippen molar-refractivity contribution in [1.82, 2.24) is 0 Å². The van der Waals surface area contributed by atoms with Gasteiger partial charge in [-0.15, -0.1) is 0 Å². The third-order valence-electron chi connectivity index (χ3n) is 4.19. The summed E-state index contributed by atoms with van der Waals surface area (Å²) in [5, 5.41) is 19.9. The lowest BCUT2D eigenvalue weighted by molar-refractivity contribution is -0.179. The molecule has 0 aliphatic carbocycles. The van der Waals surface area contributed by atoms with Crippen molar-refractivity contribution in [2.75, 3.05) is 0 Å². The number of phenols is 2. The fourth-order valence-corrected chi connectivity index (χ4v) is 2.79. The smallest absolute Gasteiger partial charge is 0.391 e. The summed E-state index contributed by atoms with van der Waals surface area (Å²) in [6.07, 6.45) is -4.70. The first-order valence-electron chi connectivity index (χ1n) is 8.61. The van der Waals surface area contributed by atoms with Crippen molar-refractivity contribution >= 4 is 5.97 Å². The van der Waals surface area contributed by atoms with Crippen LogP contribution in [0.2, 0.25) is 0 Å². The average Bonchev–Trinajstić information content (AvgIpc) is 2.60. The number of hydrogen-bond acceptors (Lipinski definition) is 4. The van der Waals surface area contributed by atoms with E-state index in [1.807, 2.05) is 0 Å². The summed E-state index contributed by atoms with van der Waals surface area (Å²) in [6.45, 7) is 1.66. The highest BCUT2D eigenvalue weighted by Gasteiger charge is 2.38. The van der Waals surface area contributed by atoms with E-state index in [4.69, 9.17) is 4.74 Å². The number of halogens is 3. The predicted octanol–water partition coefficient (Wildman–Crippen LogP) is 5.43. The van der Waals surface area contributed by atoms with Gasteiger partial charge in [0.05, 0.1) is 5.92 Å². The summed E-state index contributed by atoms with van der Waals surface area (Å²) >= 11 is 0. The number of benzene rings is 2. The molecule has 1 atom stereocenters. The van der Waals surface area contributed by atoms with Gasteiger partial charge in [-0.2, -0.15) is 13.2 Å². The van der Waals surface area contributed by atoms with Crippen molar-refractivity contribution in [3.63, 3.8) is 0 Å². The van der Waals surface area contributed by atoms with Crippen molar-refractivity contribution in [3.8, 4) is 28.4 Å². The van der Waals surface area contributed by atoms with Crippen LogP contribution in [0.25, 0.3) is 11.1 Å². The standard InChI is InChI=1S/C20H21F3O4/c1-2-5-13(20(21,22)23)8-11-19(26)27-14-9-10-18(25)16(12-14)15-6-3-4-7-17(15)24/h3-4,6-7,9-10,12-13,24-25H,2,5,8,11H2,1H3. The van der Waals surface area contributed by atoms with Crippen LogP contribution in [0, 0.1) is 5.92 Å². The lowest BCUT2D eigenvalue weighted by atomic mass is 9.97. The van der Waals surface area contributed by atoms with E-state index in [0.717, 1.165) is 0 Å². The Labute approximate surface area is 155 Å². The van der Waals surface area contributed by atoms with Gasteiger partial charge < -0.3 is 14.9 Å². The monoisotopic (exact) mass is 382 g/mol. The molecule has 146 valence electrons. The van der Waals surface area contributed by atoms with E-state index in [1.54, 1.807) is 25.1 Å². The third-order valence-corrected chi connectivity index (χ3v) is 4.19. The zero-order valence-corrected chi connectivity index (χ0v) is 14.8. The fraction of sp³-hybridized carbons (Fsp3) is 0.350. The van der Waals surface area contributed by atoms with Gasteiger partial charge in [0.1, 0.15) is 17.2 Å². The van der Waals surface area contributed by atoms with Gasteiger partial charge in [-0.3, -0.25) is 4.79 Å². The first-order valence-corrected chi connectivity index (χ1v) is 8.61. The molecule has 7 heteroatoms. The molecular formula is C20H21F3O4. The fourth-order valence-electron chi connectivity index (χ4n) is 2.79. The van der Waals surface area contributed by atoms with E-state index < -0.39 is 18.1 Å². The molecule has 2 aromatic rings. The van der Waals surface area contributed by atoms with Crippen LogP contribution in [0.5, 0.6) is 17.2 Å². The topological polar surface area (TPSA) is 66.8 Å². The quantitative estimate of drug-likeness (QED) is 0.495. The molecule has 0 aliphatic heterocycles. The summed E-state index contributed by atoms with van der Waals surface area (Å²) in [7, 11) is 0. The Morgan fingerprint density at radius 2 is 1.70 bits per heavy atom. The summed E-state index contributed by atoms with van der Waals surface area (Å²) < 4.78 is 43.8. The number of ether oxygens (including phenoxy) is 1. The Morgan fingerprint density at radius 3 is 2.33 bits per heavy atom. The average molecular weight is 382 g/mol. The van der Waals surface area contributed by atoms with Gasteiger partial charge in [-0.05, 0) is 37.1 Å². The highest BCUT2D eigenvalue weighted by Crippen LogP contribution is 2.37. The molecule has 0 saturated heterocycles. The third kappa shape index (κ3) is 5.64. The van der Waals surface area contributed by atoms with Crippen LogP contribution in [-0.4, -0.2) is 22.4 Å². The summed E-state index contributed by atoms with van der Waals surface area (Å²) in [4.78, 5) is 11.9. The van der Waals surface area contributed by atoms with Crippen LogP contribution >= 0.6 is 0 Å². The minimum atomic E-state index is -4.34. The number of alkyl halides is 3. The maximum absolute atomic E-state index is 12.9. The Hall–Kier alpha value is -2.70. The summed E-state index contributed by atoms with van der Waals surface area (Å²) in [5.74, 6) is -2.43. The SMILES string of the molecule is CCCC(CCC(=O)Oc1ccc(O)c(-c2ccccc2O)c1)C(F)(F)F. The summed E-state index contributed by atoms with van der Waals surface area (Å²) in [5.41, 5.74) is 0.588. The number of para-hydroxylation sites is 1. The van der Waals surface area contributed by atoms with Crippen LogP contribution in [0.3, 0.4) is 0 Å². The molecule has 0 radical (unpaired) electrons. The number of phenolic OH excluding ortho intramolecular Hbond substituents is 2. The van der Waals surface area contributed by atoms with Gasteiger partial charge in [0.25, 0.3) is 0 Å². The van der Waals surface area contributed by atoms with Gasteiger partial charge in [0.15, 0.2) is 0 Å². The van der Waals surface area contributed by atoms with Crippen molar-refractivity contribution in [2.45, 2.75) is 38.8 Å². The molecular weight excluding hydrogens is 361 g/mol. The second-order valence-corrected chi connectivity index (χ2v) is 6.24. The van der Waals surface area contributed by atoms with Gasteiger partial charge in [0.2, 0.25) is 0 Å². The molecule has 0 aliphatic rings. The van der Waals surface area contributed by atoms with Gasteiger partial charge >= 0.3 is 12.1 Å². The second-order valence-electron chi connectivity index (χ2n) is 6.24. The molecule has 1 unspecified atom stereocenters. The Morgan fingerprint density at radius 1 is 1.04 bits per heavy atom. The normalized spacial score (nSPS) is 12.6. The zero-order valence-electron chi connectivity index (χ0n) is 14.8. The maximum atomic E-state index is 12.9. The minimum absolute atomic E-state index is 0.0343. The van der Waals surface area contributed by atoms with Crippen LogP contribution in [-0.2, 0) is 4.79 Å². The molecule has 2 aromatic carbocycles. The van der Waals surface area contributed by atoms with E-state index in [1.165, 1.54) is 24.3 Å². The first kappa shape index (κ1) is 20.6. The number of hydrogen-bond donors (Lipinski definition) is 2. The molecule has 2 N–H and O–H groups in total. The van der Waals surface area contributed by atoms with Gasteiger partial charge in [-0.1, -0.05) is 31.5 Å². The van der Waals surface area contributed by atoms with Crippen molar-refractivity contribution in [3.05, 3.63) is 42.5 Å². The molecule has 2 rings (SSSR count). The Kier molecular flexibility index (Phi) is 6.71. The Bertz CT molecular complexity index is 787. The molecule has 4 nitrogen and oxygen atoms in total. The van der Waals surface area contributed by atoms with E-state index in [9.17, 15) is 28.2 Å². The highest BCUT2D eigenvalue weighted by molar-refractivity contribution is 5.78. The van der Waals surface area contributed by atoms with Crippen LogP contribution in [0.1, 0.15) is 32.6 Å². The highest BCUT2D eigenvalue weighted by atomic mass is 19.4. The predicted molar refractivity (Wildman–Crippen MR) is 94.5 cm³/mol. The van der Waals surface area contributed by atoms with Crippen molar-refractivity contribution in [2.24, 2.45) is 5.92 Å². The molecule has 0 spiro atoms. The number of carbonyl (C=O) groups excluding carboxylic acids is 1. The van der Waals surface area contributed by atoms with Gasteiger partial charge in [0, 0.05) is 17.5 Å². The number of esters is 1. The lowest BCUT2D eigenvalue weighted by Crippen LogP contribution is -2.24. The lowest BCUT2D eigenvalue weighted by Gasteiger charge is -2.19. The molecule has 0 heterocycles. The first-order chi connectivity index (χ1) is 12.7. The van der Waals surface area contributed by atoms with E-state index in [-0.39, 0.29) is 42.1 Å². The molecule has 27 heavy (non-hydrogen) atoms. The Balaban J connectivity index is 2.08. The van der Waals surface area contributed by atoms with Gasteiger partial charge in [-0.25, -0.2) is 0 Å². The van der Waals surface area contributed by atoms with E-state index in [0.29, 0.717) is 12.0 Å². The molecule has 0 fully saturated rings. The second kappa shape index (κ2) is 8.79. The van der Waals surface area contributed by atoms with Crippen molar-refractivity contribution < 1.29 is 32.9 Å². The largest absolute Gasteiger partial charge is 0.507 e. The molecule has 0 saturated carbocycles. The van der Waals surface area contributed by atoms with E-state index >= 15 is 0 Å². The molecule has 0 aromatic heterocycles. The minimum Gasteiger partial charge on any atom is -0.507 e. The number of aromatic hydroxyl groups is 2. The number of carbonyl (C=O) groups is 1. The molecule has 0 amide bonds. The summed E-state index contributed by atoms with van der Waals surface area (Å²) in [6, 6.07) is 10.3. The van der Waals surface area contributed by atoms with Crippen LogP contribution in [0.15, 0.2) is 42.5 Å². The maximum Gasteiger partial charge on any atom is 0.391 e. The van der Waals surface area contributed by atoms with Crippen molar-refractivity contribution in [1.29, 1.82) is 0 Å².